The summed E-state index contributed by atoms with van der Waals surface area (Å²) in [4.78, 5) is 25.2. The largest absolute Gasteiger partial charge is 0.444 e. The first-order valence-corrected chi connectivity index (χ1v) is 9.97. The van der Waals surface area contributed by atoms with Gasteiger partial charge in [-0.2, -0.15) is 4.98 Å². The zero-order chi connectivity index (χ0) is 18.2. The molecular weight excluding hydrogens is 404 g/mol. The van der Waals surface area contributed by atoms with Gasteiger partial charge in [0, 0.05) is 36.8 Å². The third kappa shape index (κ3) is 4.41. The molecule has 3 rings (SSSR count). The number of piperidine rings is 1. The van der Waals surface area contributed by atoms with Crippen LogP contribution >= 0.6 is 27.3 Å². The first-order chi connectivity index (χ1) is 11.7. The topological polar surface area (TPSA) is 58.6 Å². The smallest absolute Gasteiger partial charge is 0.410 e. The molecule has 0 spiro atoms. The molecule has 1 aliphatic heterocycles. The number of fused-ring (bicyclic) bond motifs is 1. The van der Waals surface area contributed by atoms with Crippen molar-refractivity contribution in [2.45, 2.75) is 45.3 Å². The van der Waals surface area contributed by atoms with Crippen molar-refractivity contribution >= 4 is 48.8 Å². The maximum Gasteiger partial charge on any atom is 0.410 e. The normalized spacial score (nSPS) is 16.3. The third-order valence-corrected chi connectivity index (χ3v) is 5.68. The standard InChI is InChI=1S/C17H23BrN4O2S/c1-17(2,3)24-16(23)22-7-5-12(6-8-22)21(4)15-20-14-13(25-15)9-11(18)10-19-14/h9-10,12H,5-8H2,1-4H3. The van der Waals surface area contributed by atoms with E-state index in [1.54, 1.807) is 22.4 Å². The second-order valence-electron chi connectivity index (χ2n) is 7.28. The summed E-state index contributed by atoms with van der Waals surface area (Å²) < 4.78 is 7.49. The van der Waals surface area contributed by atoms with Crippen LogP contribution in [-0.2, 0) is 4.74 Å². The summed E-state index contributed by atoms with van der Waals surface area (Å²) >= 11 is 5.09. The molecule has 0 bridgehead atoms. The van der Waals surface area contributed by atoms with Gasteiger partial charge in [-0.3, -0.25) is 0 Å². The fourth-order valence-corrected chi connectivity index (χ4v) is 4.33. The molecule has 1 saturated heterocycles. The molecule has 0 atom stereocenters. The summed E-state index contributed by atoms with van der Waals surface area (Å²) in [5, 5.41) is 0.969. The molecular formula is C17H23BrN4O2S. The maximum atomic E-state index is 12.2. The van der Waals surface area contributed by atoms with Crippen LogP contribution in [0.25, 0.3) is 10.3 Å². The van der Waals surface area contributed by atoms with E-state index in [4.69, 9.17) is 4.74 Å². The number of halogens is 1. The minimum absolute atomic E-state index is 0.220. The molecule has 0 N–H and O–H groups in total. The monoisotopic (exact) mass is 426 g/mol. The van der Waals surface area contributed by atoms with Crippen molar-refractivity contribution in [1.82, 2.24) is 14.9 Å². The molecule has 0 radical (unpaired) electrons. The van der Waals surface area contributed by atoms with Crippen molar-refractivity contribution in [3.05, 3.63) is 16.7 Å². The van der Waals surface area contributed by atoms with Crippen LogP contribution in [0.5, 0.6) is 0 Å². The molecule has 2 aromatic rings. The number of nitrogens with zero attached hydrogens (tertiary/aromatic N) is 4. The van der Waals surface area contributed by atoms with Crippen LogP contribution in [0, 0.1) is 0 Å². The number of ether oxygens (including phenoxy) is 1. The number of hydrogen-bond acceptors (Lipinski definition) is 6. The van der Waals surface area contributed by atoms with Gasteiger partial charge in [0.05, 0.1) is 4.70 Å². The molecule has 3 heterocycles. The number of aromatic nitrogens is 2. The van der Waals surface area contributed by atoms with Gasteiger partial charge in [0.1, 0.15) is 5.60 Å². The number of thiazole rings is 1. The minimum Gasteiger partial charge on any atom is -0.444 e. The first-order valence-electron chi connectivity index (χ1n) is 8.36. The highest BCUT2D eigenvalue weighted by Crippen LogP contribution is 2.31. The van der Waals surface area contributed by atoms with Crippen molar-refractivity contribution in [3.8, 4) is 0 Å². The molecule has 1 fully saturated rings. The number of carbonyl (C=O) groups is 1. The third-order valence-electron chi connectivity index (χ3n) is 4.17. The Labute approximate surface area is 160 Å². The van der Waals surface area contributed by atoms with E-state index in [0.29, 0.717) is 19.1 Å². The Balaban J connectivity index is 1.62. The Morgan fingerprint density at radius 3 is 2.72 bits per heavy atom. The van der Waals surface area contributed by atoms with Crippen molar-refractivity contribution < 1.29 is 9.53 Å². The molecule has 6 nitrogen and oxygen atoms in total. The van der Waals surface area contributed by atoms with Crippen LogP contribution in [0.2, 0.25) is 0 Å². The lowest BCUT2D eigenvalue weighted by atomic mass is 10.0. The number of hydrogen-bond donors (Lipinski definition) is 0. The van der Waals surface area contributed by atoms with Gasteiger partial charge in [0.15, 0.2) is 10.8 Å². The van der Waals surface area contributed by atoms with E-state index in [-0.39, 0.29) is 6.09 Å². The Morgan fingerprint density at radius 2 is 2.08 bits per heavy atom. The van der Waals surface area contributed by atoms with Crippen LogP contribution in [0.3, 0.4) is 0 Å². The zero-order valence-electron chi connectivity index (χ0n) is 15.0. The summed E-state index contributed by atoms with van der Waals surface area (Å²) in [6, 6.07) is 2.41. The van der Waals surface area contributed by atoms with Gasteiger partial charge in [-0.1, -0.05) is 11.3 Å². The molecule has 0 aliphatic carbocycles. The first kappa shape index (κ1) is 18.4. The van der Waals surface area contributed by atoms with E-state index in [1.807, 2.05) is 26.8 Å². The second kappa shape index (κ2) is 7.07. The highest BCUT2D eigenvalue weighted by molar-refractivity contribution is 9.10. The molecule has 2 aromatic heterocycles. The van der Waals surface area contributed by atoms with Gasteiger partial charge in [-0.05, 0) is 55.6 Å². The SMILES string of the molecule is CN(c1nc2ncc(Br)cc2s1)C1CCN(C(=O)OC(C)(C)C)CC1. The van der Waals surface area contributed by atoms with E-state index in [2.05, 4.69) is 37.8 Å². The van der Waals surface area contributed by atoms with Gasteiger partial charge in [0.2, 0.25) is 0 Å². The molecule has 25 heavy (non-hydrogen) atoms. The van der Waals surface area contributed by atoms with Gasteiger partial charge in [-0.15, -0.1) is 0 Å². The summed E-state index contributed by atoms with van der Waals surface area (Å²) in [6.45, 7) is 7.10. The number of rotatable bonds is 2. The van der Waals surface area contributed by atoms with Crippen LogP contribution in [0.15, 0.2) is 16.7 Å². The summed E-state index contributed by atoms with van der Waals surface area (Å²) in [5.74, 6) is 0. The fraction of sp³-hybridized carbons (Fsp3) is 0.588. The summed E-state index contributed by atoms with van der Waals surface area (Å²) in [7, 11) is 2.07. The van der Waals surface area contributed by atoms with E-state index in [0.717, 1.165) is 32.8 Å². The summed E-state index contributed by atoms with van der Waals surface area (Å²) in [5.41, 5.74) is 0.328. The van der Waals surface area contributed by atoms with E-state index in [1.165, 1.54) is 0 Å². The predicted octanol–water partition coefficient (Wildman–Crippen LogP) is 4.29. The quantitative estimate of drug-likeness (QED) is 0.716. The Hall–Kier alpha value is -1.41. The summed E-state index contributed by atoms with van der Waals surface area (Å²) in [6.07, 6.45) is 3.36. The van der Waals surface area contributed by atoms with Gasteiger partial charge in [0.25, 0.3) is 0 Å². The van der Waals surface area contributed by atoms with Crippen LogP contribution in [0.4, 0.5) is 9.93 Å². The molecule has 0 saturated carbocycles. The Bertz CT molecular complexity index is 766. The molecule has 1 aliphatic rings. The van der Waals surface area contributed by atoms with E-state index < -0.39 is 5.60 Å². The average molecular weight is 427 g/mol. The Morgan fingerprint density at radius 1 is 1.40 bits per heavy atom. The zero-order valence-corrected chi connectivity index (χ0v) is 17.4. The molecule has 0 aromatic carbocycles. The van der Waals surface area contributed by atoms with Gasteiger partial charge >= 0.3 is 6.09 Å². The highest BCUT2D eigenvalue weighted by Gasteiger charge is 2.29. The van der Waals surface area contributed by atoms with Crippen LogP contribution in [-0.4, -0.2) is 52.7 Å². The van der Waals surface area contributed by atoms with Crippen LogP contribution < -0.4 is 4.90 Å². The van der Waals surface area contributed by atoms with Crippen molar-refractivity contribution in [2.75, 3.05) is 25.0 Å². The minimum atomic E-state index is -0.451. The lowest BCUT2D eigenvalue weighted by molar-refractivity contribution is 0.0205. The number of carbonyl (C=O) groups excluding carboxylic acids is 1. The van der Waals surface area contributed by atoms with Gasteiger partial charge in [-0.25, -0.2) is 9.78 Å². The highest BCUT2D eigenvalue weighted by atomic mass is 79.9. The maximum absolute atomic E-state index is 12.2. The molecule has 136 valence electrons. The van der Waals surface area contributed by atoms with E-state index in [9.17, 15) is 4.79 Å². The molecule has 1 amide bonds. The predicted molar refractivity (Wildman–Crippen MR) is 104 cm³/mol. The fourth-order valence-electron chi connectivity index (χ4n) is 2.85. The van der Waals surface area contributed by atoms with Crippen molar-refractivity contribution in [2.24, 2.45) is 0 Å². The number of amides is 1. The van der Waals surface area contributed by atoms with E-state index >= 15 is 0 Å². The van der Waals surface area contributed by atoms with Crippen LogP contribution in [0.1, 0.15) is 33.6 Å². The van der Waals surface area contributed by atoms with Crippen molar-refractivity contribution in [1.29, 1.82) is 0 Å². The molecule has 8 heteroatoms. The number of anilines is 1. The second-order valence-corrected chi connectivity index (χ2v) is 9.21. The van der Waals surface area contributed by atoms with Crippen molar-refractivity contribution in [3.63, 3.8) is 0 Å². The average Bonchev–Trinajstić information content (AvgIpc) is 2.95. The Kier molecular flexibility index (Phi) is 5.20. The van der Waals surface area contributed by atoms with Gasteiger partial charge < -0.3 is 14.5 Å². The molecule has 0 unspecified atom stereocenters. The lowest BCUT2D eigenvalue weighted by Gasteiger charge is -2.37. The number of likely N-dealkylation sites (tertiary alicyclic amines) is 1. The lowest BCUT2D eigenvalue weighted by Crippen LogP contribution is -2.47. The number of pyridine rings is 1.